The molecule has 0 amide bonds. The molecule has 28 heavy (non-hydrogen) atoms. The number of fused-ring (bicyclic) bond motifs is 1. The molecule has 0 radical (unpaired) electrons. The van der Waals surface area contributed by atoms with Gasteiger partial charge >= 0.3 is 5.97 Å². The number of rotatable bonds is 7. The summed E-state index contributed by atoms with van der Waals surface area (Å²) in [5.41, 5.74) is 3.03. The number of nitro benzene ring substituents is 1. The van der Waals surface area contributed by atoms with E-state index in [4.69, 9.17) is 16.3 Å². The lowest BCUT2D eigenvalue weighted by molar-refractivity contribution is -0.384. The summed E-state index contributed by atoms with van der Waals surface area (Å²) in [6.07, 6.45) is 1.66. The van der Waals surface area contributed by atoms with Gasteiger partial charge in [0.1, 0.15) is 10.8 Å². The van der Waals surface area contributed by atoms with E-state index in [1.165, 1.54) is 6.07 Å². The second-order valence-electron chi connectivity index (χ2n) is 6.26. The number of ether oxygens (including phenoxy) is 1. The van der Waals surface area contributed by atoms with E-state index in [1.807, 2.05) is 35.8 Å². The number of nitrogens with zero attached hydrogens (tertiary/aromatic N) is 3. The number of esters is 1. The smallest absolute Gasteiger partial charge is 0.305 e. The van der Waals surface area contributed by atoms with Gasteiger partial charge in [-0.2, -0.15) is 0 Å². The number of hydrogen-bond acceptors (Lipinski definition) is 5. The predicted octanol–water partition coefficient (Wildman–Crippen LogP) is 4.65. The second kappa shape index (κ2) is 8.39. The molecule has 0 atom stereocenters. The van der Waals surface area contributed by atoms with Crippen LogP contribution in [-0.2, 0) is 22.4 Å². The Labute approximate surface area is 167 Å². The molecule has 1 aromatic heterocycles. The number of imidazole rings is 1. The third-order valence-electron chi connectivity index (χ3n) is 4.44. The fourth-order valence-electron chi connectivity index (χ4n) is 3.00. The van der Waals surface area contributed by atoms with Gasteiger partial charge in [0.25, 0.3) is 5.69 Å². The number of benzene rings is 2. The largest absolute Gasteiger partial charge is 0.465 e. The zero-order chi connectivity index (χ0) is 20.3. The summed E-state index contributed by atoms with van der Waals surface area (Å²) in [7, 11) is 0. The molecule has 0 aliphatic carbocycles. The van der Waals surface area contributed by atoms with Gasteiger partial charge in [0.05, 0.1) is 22.6 Å². The van der Waals surface area contributed by atoms with E-state index in [-0.39, 0.29) is 16.7 Å². The molecule has 0 saturated carbocycles. The lowest BCUT2D eigenvalue weighted by Gasteiger charge is -2.10. The average Bonchev–Trinajstić information content (AvgIpc) is 3.05. The van der Waals surface area contributed by atoms with Crippen molar-refractivity contribution in [2.24, 2.45) is 0 Å². The minimum absolute atomic E-state index is 0.0793. The Balaban J connectivity index is 1.93. The molecule has 1 heterocycles. The van der Waals surface area contributed by atoms with E-state index >= 15 is 0 Å². The normalized spacial score (nSPS) is 11.0. The van der Waals surface area contributed by atoms with Crippen molar-refractivity contribution in [2.45, 2.75) is 33.1 Å². The summed E-state index contributed by atoms with van der Waals surface area (Å²) < 4.78 is 7.06. The van der Waals surface area contributed by atoms with Crippen LogP contribution in [0.3, 0.4) is 0 Å². The van der Waals surface area contributed by atoms with Gasteiger partial charge in [-0.25, -0.2) is 4.98 Å². The molecule has 3 aromatic rings. The van der Waals surface area contributed by atoms with Gasteiger partial charge in [0, 0.05) is 31.0 Å². The quantitative estimate of drug-likeness (QED) is 0.327. The highest BCUT2D eigenvalue weighted by Crippen LogP contribution is 2.32. The second-order valence-corrected chi connectivity index (χ2v) is 6.66. The van der Waals surface area contributed by atoms with Gasteiger partial charge in [0.15, 0.2) is 0 Å². The molecule has 146 valence electrons. The minimum atomic E-state index is -0.507. The van der Waals surface area contributed by atoms with Crippen LogP contribution in [0.1, 0.15) is 31.7 Å². The van der Waals surface area contributed by atoms with Crippen molar-refractivity contribution >= 4 is 34.3 Å². The number of carbonyl (C=O) groups is 1. The van der Waals surface area contributed by atoms with E-state index in [9.17, 15) is 14.9 Å². The first-order chi connectivity index (χ1) is 13.4. The highest BCUT2D eigenvalue weighted by molar-refractivity contribution is 6.33. The van der Waals surface area contributed by atoms with Crippen molar-refractivity contribution in [3.8, 4) is 5.69 Å². The zero-order valence-corrected chi connectivity index (χ0v) is 16.4. The average molecular weight is 402 g/mol. The molecule has 0 unspecified atom stereocenters. The molecule has 3 rings (SSSR count). The van der Waals surface area contributed by atoms with E-state index in [0.29, 0.717) is 31.4 Å². The molecular formula is C20H20ClN3O4. The Kier molecular flexibility index (Phi) is 5.94. The van der Waals surface area contributed by atoms with Crippen LogP contribution in [0.25, 0.3) is 16.7 Å². The third-order valence-corrected chi connectivity index (χ3v) is 4.75. The molecule has 0 spiro atoms. The Bertz CT molecular complexity index is 1030. The van der Waals surface area contributed by atoms with Gasteiger partial charge in [-0.1, -0.05) is 37.6 Å². The number of carbonyl (C=O) groups excluding carboxylic acids is 1. The Morgan fingerprint density at radius 2 is 1.96 bits per heavy atom. The zero-order valence-electron chi connectivity index (χ0n) is 15.6. The van der Waals surface area contributed by atoms with Crippen molar-refractivity contribution in [3.63, 3.8) is 0 Å². The maximum atomic E-state index is 11.2. The molecule has 0 fully saturated rings. The van der Waals surface area contributed by atoms with Crippen molar-refractivity contribution < 1.29 is 14.5 Å². The summed E-state index contributed by atoms with van der Waals surface area (Å²) in [5.74, 6) is 0.580. The van der Waals surface area contributed by atoms with Crippen LogP contribution in [0.5, 0.6) is 0 Å². The molecule has 8 heteroatoms. The van der Waals surface area contributed by atoms with Gasteiger partial charge < -0.3 is 4.74 Å². The van der Waals surface area contributed by atoms with Crippen molar-refractivity contribution in [3.05, 3.63) is 62.9 Å². The number of aromatic nitrogens is 2. The van der Waals surface area contributed by atoms with E-state index in [2.05, 4.69) is 4.98 Å². The van der Waals surface area contributed by atoms with Gasteiger partial charge in [-0.15, -0.1) is 0 Å². The first kappa shape index (κ1) is 19.8. The maximum Gasteiger partial charge on any atom is 0.305 e. The molecule has 0 bridgehead atoms. The van der Waals surface area contributed by atoms with Crippen LogP contribution >= 0.6 is 11.6 Å². The summed E-state index contributed by atoms with van der Waals surface area (Å²) in [4.78, 5) is 26.4. The molecule has 0 aliphatic rings. The summed E-state index contributed by atoms with van der Waals surface area (Å²) in [6.45, 7) is 4.09. The van der Waals surface area contributed by atoms with Crippen LogP contribution in [0.2, 0.25) is 5.02 Å². The maximum absolute atomic E-state index is 11.2. The minimum Gasteiger partial charge on any atom is -0.465 e. The molecule has 7 nitrogen and oxygen atoms in total. The molecule has 0 aliphatic heterocycles. The Hall–Kier alpha value is -2.93. The monoisotopic (exact) mass is 401 g/mol. The molecular weight excluding hydrogens is 382 g/mol. The van der Waals surface area contributed by atoms with Crippen LogP contribution < -0.4 is 0 Å². The summed E-state index contributed by atoms with van der Waals surface area (Å²) in [5, 5.41) is 11.2. The van der Waals surface area contributed by atoms with Crippen LogP contribution in [0, 0.1) is 10.1 Å². The Morgan fingerprint density at radius 1 is 1.25 bits per heavy atom. The van der Waals surface area contributed by atoms with Gasteiger partial charge in [-0.05, 0) is 23.8 Å². The van der Waals surface area contributed by atoms with Crippen molar-refractivity contribution in [2.75, 3.05) is 6.61 Å². The topological polar surface area (TPSA) is 87.3 Å². The van der Waals surface area contributed by atoms with E-state index in [0.717, 1.165) is 22.6 Å². The summed E-state index contributed by atoms with van der Waals surface area (Å²) >= 11 is 6.11. The predicted molar refractivity (Wildman–Crippen MR) is 107 cm³/mol. The third kappa shape index (κ3) is 3.99. The molecule has 0 N–H and O–H groups in total. The number of halogens is 1. The lowest BCUT2D eigenvalue weighted by Crippen LogP contribution is -2.06. The van der Waals surface area contributed by atoms with Crippen LogP contribution in [0.15, 0.2) is 36.4 Å². The number of hydrogen-bond donors (Lipinski definition) is 0. The fourth-order valence-corrected chi connectivity index (χ4v) is 3.23. The summed E-state index contributed by atoms with van der Waals surface area (Å²) in [6, 6.07) is 10.8. The lowest BCUT2D eigenvalue weighted by atomic mass is 10.1. The van der Waals surface area contributed by atoms with E-state index < -0.39 is 4.92 Å². The standard InChI is InChI=1S/C20H20ClN3O4/c1-3-19-22-16-12-17(24(26)27)15(21)11-18(16)23(19)14-7-5-13(6-8-14)9-10-28-20(25)4-2/h5-8,11-12H,3-4,9-10H2,1-2H3. The first-order valence-corrected chi connectivity index (χ1v) is 9.42. The highest BCUT2D eigenvalue weighted by Gasteiger charge is 2.19. The van der Waals surface area contributed by atoms with Crippen molar-refractivity contribution in [1.29, 1.82) is 0 Å². The van der Waals surface area contributed by atoms with Gasteiger partial charge in [-0.3, -0.25) is 19.5 Å². The SMILES string of the molecule is CCC(=O)OCCc1ccc(-n2c(CC)nc3cc([N+](=O)[O-])c(Cl)cc32)cc1. The van der Waals surface area contributed by atoms with Crippen molar-refractivity contribution in [1.82, 2.24) is 9.55 Å². The molecule has 2 aromatic carbocycles. The number of nitro groups is 1. The van der Waals surface area contributed by atoms with E-state index in [1.54, 1.807) is 13.0 Å². The van der Waals surface area contributed by atoms with Crippen LogP contribution in [0.4, 0.5) is 5.69 Å². The first-order valence-electron chi connectivity index (χ1n) is 9.04. The Morgan fingerprint density at radius 3 is 2.57 bits per heavy atom. The number of aryl methyl sites for hydroxylation is 1. The van der Waals surface area contributed by atoms with Gasteiger partial charge in [0.2, 0.25) is 0 Å². The van der Waals surface area contributed by atoms with Crippen LogP contribution in [-0.4, -0.2) is 27.1 Å². The molecule has 0 saturated heterocycles. The highest BCUT2D eigenvalue weighted by atomic mass is 35.5. The fraction of sp³-hybridized carbons (Fsp3) is 0.300.